The minimum atomic E-state index is -2.43. The zero-order valence-corrected chi connectivity index (χ0v) is 20.5. The monoisotopic (exact) mass is 501 g/mol. The highest BCUT2D eigenvalue weighted by atomic mass is 19.3. The highest BCUT2D eigenvalue weighted by Gasteiger charge is 2.40. The number of nitrogens with one attached hydrogen (secondary N) is 1. The summed E-state index contributed by atoms with van der Waals surface area (Å²) in [6.07, 6.45) is 2.29. The molecule has 11 heteroatoms. The second kappa shape index (κ2) is 9.34. The Morgan fingerprint density at radius 2 is 1.89 bits per heavy atom. The van der Waals surface area contributed by atoms with Crippen LogP contribution in [-0.2, 0) is 0 Å². The van der Waals surface area contributed by atoms with E-state index >= 15 is 0 Å². The van der Waals surface area contributed by atoms with Crippen LogP contribution >= 0.6 is 0 Å². The van der Waals surface area contributed by atoms with E-state index in [1.807, 2.05) is 6.07 Å². The molecular weight excluding hydrogens is 471 g/mol. The van der Waals surface area contributed by atoms with Gasteiger partial charge in [0.25, 0.3) is 6.43 Å². The van der Waals surface area contributed by atoms with Gasteiger partial charge in [-0.05, 0) is 48.8 Å². The molecule has 3 aromatic rings. The number of aromatic nitrogens is 4. The number of piperidine rings is 1. The molecule has 0 aromatic carbocycles. The van der Waals surface area contributed by atoms with Crippen LogP contribution in [0.3, 0.4) is 0 Å². The van der Waals surface area contributed by atoms with Gasteiger partial charge in [-0.25, -0.2) is 28.1 Å². The Hall–Kier alpha value is -3.21. The first-order valence-electron chi connectivity index (χ1n) is 12.2. The van der Waals surface area contributed by atoms with Crippen molar-refractivity contribution in [1.82, 2.24) is 19.9 Å². The number of aliphatic hydroxyl groups excluding tert-OH is 1. The molecule has 5 heterocycles. The summed E-state index contributed by atoms with van der Waals surface area (Å²) in [5, 5.41) is 14.7. The molecule has 0 radical (unpaired) electrons. The number of aliphatic hydroxyl groups is 1. The first-order chi connectivity index (χ1) is 17.1. The van der Waals surface area contributed by atoms with Crippen LogP contribution < -0.4 is 15.1 Å². The van der Waals surface area contributed by atoms with Gasteiger partial charge in [-0.2, -0.15) is 4.98 Å². The maximum absolute atomic E-state index is 14.7. The predicted octanol–water partition coefficient (Wildman–Crippen LogP) is 4.43. The van der Waals surface area contributed by atoms with Crippen molar-refractivity contribution in [2.24, 2.45) is 0 Å². The standard InChI is InChI=1S/C25H30F3N7O/c1-14(2)16-11-31-23(35-9-5-18(35)22(26)27)17-12-30-21(10-15(16)17)32-20-4-7-29-24(33-20)34-8-6-19(36)25(3,28)13-34/h4,7,10-12,14,18-19,22,36H,5-6,8-9,13H2,1-3H3,(H,29,30,32,33)/t18-,19+,25-/m0/s1. The van der Waals surface area contributed by atoms with Crippen molar-refractivity contribution in [3.8, 4) is 0 Å². The molecule has 2 aliphatic rings. The van der Waals surface area contributed by atoms with Crippen LogP contribution in [-0.4, -0.2) is 68.9 Å². The van der Waals surface area contributed by atoms with E-state index in [9.17, 15) is 18.3 Å². The van der Waals surface area contributed by atoms with Gasteiger partial charge in [-0.3, -0.25) is 0 Å². The maximum Gasteiger partial charge on any atom is 0.258 e. The minimum absolute atomic E-state index is 0.00448. The Labute approximate surface area is 207 Å². The van der Waals surface area contributed by atoms with Crippen LogP contribution in [0.25, 0.3) is 10.8 Å². The number of halogens is 3. The van der Waals surface area contributed by atoms with Crippen molar-refractivity contribution in [1.29, 1.82) is 0 Å². The lowest BCUT2D eigenvalue weighted by atomic mass is 9.94. The van der Waals surface area contributed by atoms with Gasteiger partial charge in [0.05, 0.1) is 18.7 Å². The molecule has 5 rings (SSSR count). The number of alkyl halides is 3. The first-order valence-corrected chi connectivity index (χ1v) is 12.2. The molecule has 8 nitrogen and oxygen atoms in total. The maximum atomic E-state index is 14.7. The second-order valence-electron chi connectivity index (χ2n) is 10.1. The van der Waals surface area contributed by atoms with Gasteiger partial charge in [0, 0.05) is 37.1 Å². The quantitative estimate of drug-likeness (QED) is 0.513. The van der Waals surface area contributed by atoms with Crippen LogP contribution in [0.2, 0.25) is 0 Å². The lowest BCUT2D eigenvalue weighted by Crippen LogP contribution is -2.52. The summed E-state index contributed by atoms with van der Waals surface area (Å²) in [7, 11) is 0. The zero-order valence-electron chi connectivity index (χ0n) is 20.5. The molecule has 0 amide bonds. The average molecular weight is 502 g/mol. The van der Waals surface area contributed by atoms with E-state index in [1.165, 1.54) is 6.92 Å². The van der Waals surface area contributed by atoms with Crippen molar-refractivity contribution in [2.45, 2.75) is 63.8 Å². The van der Waals surface area contributed by atoms with E-state index in [4.69, 9.17) is 0 Å². The van der Waals surface area contributed by atoms with Gasteiger partial charge in [-0.1, -0.05) is 13.8 Å². The lowest BCUT2D eigenvalue weighted by molar-refractivity contribution is -0.00860. The van der Waals surface area contributed by atoms with Crippen molar-refractivity contribution in [3.63, 3.8) is 0 Å². The molecule has 0 bridgehead atoms. The summed E-state index contributed by atoms with van der Waals surface area (Å²) < 4.78 is 41.5. The lowest BCUT2D eigenvalue weighted by Gasteiger charge is -2.41. The topological polar surface area (TPSA) is 90.3 Å². The molecule has 2 aliphatic heterocycles. The van der Waals surface area contributed by atoms with Crippen LogP contribution in [0.4, 0.5) is 36.6 Å². The Kier molecular flexibility index (Phi) is 6.36. The van der Waals surface area contributed by atoms with Crippen LogP contribution in [0.1, 0.15) is 45.1 Å². The Morgan fingerprint density at radius 1 is 1.08 bits per heavy atom. The molecule has 2 N–H and O–H groups in total. The molecule has 0 spiro atoms. The van der Waals surface area contributed by atoms with Gasteiger partial charge in [-0.15, -0.1) is 0 Å². The summed E-state index contributed by atoms with van der Waals surface area (Å²) in [5.74, 6) is 2.07. The smallest absolute Gasteiger partial charge is 0.258 e. The molecule has 2 saturated heterocycles. The highest BCUT2D eigenvalue weighted by Crippen LogP contribution is 2.37. The number of pyridine rings is 2. The Balaban J connectivity index is 1.44. The molecule has 36 heavy (non-hydrogen) atoms. The third kappa shape index (κ3) is 4.52. The Bertz CT molecular complexity index is 1260. The molecule has 0 saturated carbocycles. The van der Waals surface area contributed by atoms with Crippen LogP contribution in [0.5, 0.6) is 0 Å². The fourth-order valence-corrected chi connectivity index (χ4v) is 4.84. The van der Waals surface area contributed by atoms with Crippen LogP contribution in [0.15, 0.2) is 30.7 Å². The summed E-state index contributed by atoms with van der Waals surface area (Å²) in [5.41, 5.74) is -0.755. The molecule has 2 fully saturated rings. The normalized spacial score (nSPS) is 24.5. The molecule has 3 atom stereocenters. The first kappa shape index (κ1) is 24.5. The Morgan fingerprint density at radius 3 is 2.56 bits per heavy atom. The average Bonchev–Trinajstić information content (AvgIpc) is 2.79. The van der Waals surface area contributed by atoms with E-state index in [0.29, 0.717) is 42.9 Å². The van der Waals surface area contributed by atoms with E-state index in [-0.39, 0.29) is 18.9 Å². The van der Waals surface area contributed by atoms with Gasteiger partial charge in [0.15, 0.2) is 5.67 Å². The number of rotatable bonds is 6. The van der Waals surface area contributed by atoms with Gasteiger partial charge in [0.1, 0.15) is 17.5 Å². The van der Waals surface area contributed by atoms with Crippen molar-refractivity contribution in [3.05, 3.63) is 36.3 Å². The van der Waals surface area contributed by atoms with E-state index in [1.54, 1.807) is 34.5 Å². The SMILES string of the molecule is CC(C)c1cnc(N2CC[C@H]2C(F)F)c2cnc(Nc3ccnc(N4CC[C@@H](O)[C@@](C)(F)C4)n3)cc12. The molecule has 192 valence electrons. The fraction of sp³-hybridized carbons (Fsp3) is 0.520. The van der Waals surface area contributed by atoms with E-state index in [2.05, 4.69) is 39.1 Å². The fourth-order valence-electron chi connectivity index (χ4n) is 4.84. The number of anilines is 4. The van der Waals surface area contributed by atoms with Gasteiger partial charge >= 0.3 is 0 Å². The summed E-state index contributed by atoms with van der Waals surface area (Å²) in [6, 6.07) is 2.74. The van der Waals surface area contributed by atoms with Gasteiger partial charge < -0.3 is 20.2 Å². The third-order valence-electron chi connectivity index (χ3n) is 7.08. The van der Waals surface area contributed by atoms with E-state index in [0.717, 1.165) is 16.3 Å². The number of nitrogens with zero attached hydrogens (tertiary/aromatic N) is 6. The highest BCUT2D eigenvalue weighted by molar-refractivity contribution is 5.96. The number of hydrogen-bond donors (Lipinski definition) is 2. The molecule has 0 unspecified atom stereocenters. The minimum Gasteiger partial charge on any atom is -0.390 e. The third-order valence-corrected chi connectivity index (χ3v) is 7.08. The summed E-state index contributed by atoms with van der Waals surface area (Å²) >= 11 is 0. The van der Waals surface area contributed by atoms with Crippen molar-refractivity contribution >= 4 is 34.2 Å². The van der Waals surface area contributed by atoms with Crippen molar-refractivity contribution in [2.75, 3.05) is 34.8 Å². The summed E-state index contributed by atoms with van der Waals surface area (Å²) in [4.78, 5) is 21.2. The van der Waals surface area contributed by atoms with Gasteiger partial charge in [0.2, 0.25) is 5.95 Å². The molecule has 0 aliphatic carbocycles. The zero-order chi connectivity index (χ0) is 25.6. The largest absolute Gasteiger partial charge is 0.390 e. The predicted molar refractivity (Wildman–Crippen MR) is 133 cm³/mol. The van der Waals surface area contributed by atoms with Crippen molar-refractivity contribution < 1.29 is 18.3 Å². The van der Waals surface area contributed by atoms with E-state index < -0.39 is 24.2 Å². The molecular formula is C25H30F3N7O. The summed E-state index contributed by atoms with van der Waals surface area (Å²) in [6.45, 7) is 6.47. The number of hydrogen-bond acceptors (Lipinski definition) is 8. The number of fused-ring (bicyclic) bond motifs is 1. The second-order valence-corrected chi connectivity index (χ2v) is 10.1. The van der Waals surface area contributed by atoms with Crippen LogP contribution in [0, 0.1) is 0 Å². The molecule has 3 aromatic heterocycles.